The van der Waals surface area contributed by atoms with Gasteiger partial charge in [0.2, 0.25) is 0 Å². The molecule has 0 aliphatic carbocycles. The van der Waals surface area contributed by atoms with E-state index in [1.165, 1.54) is 44.0 Å². The number of benzene rings is 2. The van der Waals surface area contributed by atoms with Crippen LogP contribution in [-0.2, 0) is 14.4 Å². The molecule has 0 aromatic heterocycles. The molecule has 2 aromatic rings. The topological polar surface area (TPSA) is 135 Å². The summed E-state index contributed by atoms with van der Waals surface area (Å²) in [5.41, 5.74) is -0.0249. The molecule has 1 fully saturated rings. The van der Waals surface area contributed by atoms with Crippen molar-refractivity contribution in [1.29, 1.82) is 0 Å². The van der Waals surface area contributed by atoms with Crippen molar-refractivity contribution in [2.45, 2.75) is 27.2 Å². The molecular formula is C25H24N4O7. The van der Waals surface area contributed by atoms with E-state index in [0.717, 1.165) is 4.90 Å². The first-order valence-corrected chi connectivity index (χ1v) is 11.0. The van der Waals surface area contributed by atoms with E-state index in [2.05, 4.69) is 9.98 Å². The summed E-state index contributed by atoms with van der Waals surface area (Å²) in [6.45, 7) is 4.24. The Morgan fingerprint density at radius 3 is 2.00 bits per heavy atom. The Morgan fingerprint density at radius 2 is 1.50 bits per heavy atom. The first-order valence-electron chi connectivity index (χ1n) is 11.0. The number of esters is 2. The van der Waals surface area contributed by atoms with Crippen LogP contribution in [0.3, 0.4) is 0 Å². The van der Waals surface area contributed by atoms with Crippen LogP contribution in [-0.4, -0.2) is 59.8 Å². The molecule has 0 radical (unpaired) electrons. The first-order chi connectivity index (χ1) is 17.2. The van der Waals surface area contributed by atoms with Gasteiger partial charge in [0.25, 0.3) is 11.8 Å². The molecule has 0 unspecified atom stereocenters. The van der Waals surface area contributed by atoms with Crippen LogP contribution in [0.25, 0.3) is 0 Å². The number of imide groups is 1. The van der Waals surface area contributed by atoms with Gasteiger partial charge in [0, 0.05) is 39.1 Å². The van der Waals surface area contributed by atoms with E-state index in [0.29, 0.717) is 12.1 Å². The SMILES string of the molecule is CCCN1C(=O)C(=NC(=O)c2cc(OC(C)=O)cc(OC(C)=O)c2)C(=NC)N(c2ccccc2)C1=O. The summed E-state index contributed by atoms with van der Waals surface area (Å²) < 4.78 is 10.1. The van der Waals surface area contributed by atoms with Crippen LogP contribution in [0, 0.1) is 0 Å². The Hall–Kier alpha value is -4.67. The maximum absolute atomic E-state index is 13.2. The molecule has 0 atom stereocenters. The van der Waals surface area contributed by atoms with Crippen molar-refractivity contribution < 1.29 is 33.4 Å². The van der Waals surface area contributed by atoms with Crippen LogP contribution in [0.4, 0.5) is 10.5 Å². The molecule has 0 bridgehead atoms. The van der Waals surface area contributed by atoms with Crippen LogP contribution in [0.1, 0.15) is 37.6 Å². The van der Waals surface area contributed by atoms with Gasteiger partial charge in [-0.3, -0.25) is 29.1 Å². The van der Waals surface area contributed by atoms with E-state index in [1.54, 1.807) is 37.3 Å². The summed E-state index contributed by atoms with van der Waals surface area (Å²) in [7, 11) is 1.38. The number of ether oxygens (including phenoxy) is 2. The average Bonchev–Trinajstić information content (AvgIpc) is 2.82. The third-order valence-electron chi connectivity index (χ3n) is 4.83. The zero-order valence-electron chi connectivity index (χ0n) is 20.2. The Labute approximate surface area is 207 Å². The minimum Gasteiger partial charge on any atom is -0.427 e. The van der Waals surface area contributed by atoms with Crippen LogP contribution in [0.5, 0.6) is 11.5 Å². The fourth-order valence-corrected chi connectivity index (χ4v) is 3.47. The molecule has 0 N–H and O–H groups in total. The second-order valence-electron chi connectivity index (χ2n) is 7.60. The van der Waals surface area contributed by atoms with Crippen LogP contribution < -0.4 is 14.4 Å². The third-order valence-corrected chi connectivity index (χ3v) is 4.83. The Kier molecular flexibility index (Phi) is 8.05. The molecule has 2 aromatic carbocycles. The molecule has 1 aliphatic rings. The number of para-hydroxylation sites is 1. The predicted molar refractivity (Wildman–Crippen MR) is 131 cm³/mol. The molecule has 11 nitrogen and oxygen atoms in total. The monoisotopic (exact) mass is 492 g/mol. The van der Waals surface area contributed by atoms with Gasteiger partial charge in [-0.1, -0.05) is 25.1 Å². The van der Waals surface area contributed by atoms with E-state index < -0.39 is 29.8 Å². The van der Waals surface area contributed by atoms with Crippen LogP contribution in [0.15, 0.2) is 58.5 Å². The summed E-state index contributed by atoms with van der Waals surface area (Å²) in [4.78, 5) is 72.8. The smallest absolute Gasteiger partial charge is 0.337 e. The highest BCUT2D eigenvalue weighted by Crippen LogP contribution is 2.26. The van der Waals surface area contributed by atoms with Crippen molar-refractivity contribution in [2.24, 2.45) is 9.98 Å². The summed E-state index contributed by atoms with van der Waals surface area (Å²) in [6, 6.07) is 11.6. The van der Waals surface area contributed by atoms with Gasteiger partial charge >= 0.3 is 18.0 Å². The van der Waals surface area contributed by atoms with Crippen molar-refractivity contribution in [2.75, 3.05) is 18.5 Å². The minimum absolute atomic E-state index is 0.0575. The molecule has 186 valence electrons. The first kappa shape index (κ1) is 25.9. The quantitative estimate of drug-likeness (QED) is 0.447. The molecule has 1 heterocycles. The van der Waals surface area contributed by atoms with Gasteiger partial charge in [-0.05, 0) is 30.7 Å². The number of carbonyl (C=O) groups excluding carboxylic acids is 5. The lowest BCUT2D eigenvalue weighted by molar-refractivity contribution is -0.132. The van der Waals surface area contributed by atoms with E-state index >= 15 is 0 Å². The van der Waals surface area contributed by atoms with Crippen molar-refractivity contribution in [3.8, 4) is 11.5 Å². The number of amides is 4. The average molecular weight is 492 g/mol. The summed E-state index contributed by atoms with van der Waals surface area (Å²) in [6.07, 6.45) is 0.482. The maximum atomic E-state index is 13.2. The van der Waals surface area contributed by atoms with Gasteiger partial charge < -0.3 is 9.47 Å². The third kappa shape index (κ3) is 5.69. The predicted octanol–water partition coefficient (Wildman–Crippen LogP) is 3.03. The van der Waals surface area contributed by atoms with E-state index in [-0.39, 0.29) is 35.2 Å². The number of hydrogen-bond donors (Lipinski definition) is 0. The van der Waals surface area contributed by atoms with Gasteiger partial charge in [-0.25, -0.2) is 9.69 Å². The van der Waals surface area contributed by atoms with E-state index in [4.69, 9.17) is 9.47 Å². The molecule has 1 aliphatic heterocycles. The van der Waals surface area contributed by atoms with Crippen molar-refractivity contribution in [3.63, 3.8) is 0 Å². The van der Waals surface area contributed by atoms with Gasteiger partial charge in [0.05, 0.1) is 5.69 Å². The second-order valence-corrected chi connectivity index (χ2v) is 7.60. The van der Waals surface area contributed by atoms with Gasteiger partial charge in [0.15, 0.2) is 11.5 Å². The van der Waals surface area contributed by atoms with Crippen molar-refractivity contribution in [3.05, 3.63) is 54.1 Å². The zero-order chi connectivity index (χ0) is 26.4. The molecule has 4 amide bonds. The Bertz CT molecular complexity index is 1250. The molecule has 0 saturated carbocycles. The number of nitrogens with zero attached hydrogens (tertiary/aromatic N) is 4. The van der Waals surface area contributed by atoms with Crippen molar-refractivity contribution in [1.82, 2.24) is 4.90 Å². The highest BCUT2D eigenvalue weighted by molar-refractivity contribution is 6.74. The number of amidine groups is 1. The Morgan fingerprint density at radius 1 is 0.917 bits per heavy atom. The summed E-state index contributed by atoms with van der Waals surface area (Å²) in [5.74, 6) is -3.21. The molecule has 0 spiro atoms. The van der Waals surface area contributed by atoms with E-state index in [9.17, 15) is 24.0 Å². The number of aliphatic imine (C=N–C) groups is 2. The molecular weight excluding hydrogens is 468 g/mol. The standard InChI is InChI=1S/C25H24N4O7/c1-5-11-28-24(33)21(22(26-4)29(25(28)34)18-9-7-6-8-10-18)27-23(32)17-12-19(35-15(2)30)14-20(13-17)36-16(3)31/h6-10,12-14H,5,11H2,1-4H3. The summed E-state index contributed by atoms with van der Waals surface area (Å²) >= 11 is 0. The van der Waals surface area contributed by atoms with Gasteiger partial charge in [0.1, 0.15) is 11.5 Å². The zero-order valence-corrected chi connectivity index (χ0v) is 20.2. The van der Waals surface area contributed by atoms with Crippen LogP contribution in [0.2, 0.25) is 0 Å². The highest BCUT2D eigenvalue weighted by atomic mass is 16.5. The molecule has 11 heteroatoms. The van der Waals surface area contributed by atoms with Crippen molar-refractivity contribution >= 4 is 47.0 Å². The summed E-state index contributed by atoms with van der Waals surface area (Å²) in [5, 5.41) is 0. The highest BCUT2D eigenvalue weighted by Gasteiger charge is 2.42. The van der Waals surface area contributed by atoms with Gasteiger partial charge in [-0.15, -0.1) is 0 Å². The molecule has 3 rings (SSSR count). The number of rotatable bonds is 6. The number of hydrogen-bond acceptors (Lipinski definition) is 8. The maximum Gasteiger partial charge on any atom is 0.337 e. The van der Waals surface area contributed by atoms with E-state index in [1.807, 2.05) is 0 Å². The largest absolute Gasteiger partial charge is 0.427 e. The minimum atomic E-state index is -0.902. The lowest BCUT2D eigenvalue weighted by Gasteiger charge is -2.35. The normalized spacial score (nSPS) is 15.9. The van der Waals surface area contributed by atoms with Crippen LogP contribution >= 0.6 is 0 Å². The molecule has 36 heavy (non-hydrogen) atoms. The fourth-order valence-electron chi connectivity index (χ4n) is 3.47. The fraction of sp³-hybridized carbons (Fsp3) is 0.240. The second kappa shape index (κ2) is 11.2. The number of urea groups is 1. The molecule has 1 saturated heterocycles. The Balaban J connectivity index is 2.12. The number of carbonyl (C=O) groups is 5. The number of anilines is 1. The lowest BCUT2D eigenvalue weighted by Crippen LogP contribution is -2.61. The lowest BCUT2D eigenvalue weighted by atomic mass is 10.1. The van der Waals surface area contributed by atoms with Gasteiger partial charge in [-0.2, -0.15) is 4.99 Å².